The maximum Gasteiger partial charge on any atom is 0.459 e. The molecule has 6 aromatic rings. The number of ether oxygens (including phenoxy) is 4. The second-order valence-corrected chi connectivity index (χ2v) is 25.4. The first-order valence-electron chi connectivity index (χ1n) is 28.1. The highest BCUT2D eigenvalue weighted by atomic mass is 31.2. The number of nitrogens with two attached hydrogens (primary N) is 2. The Kier molecular flexibility index (Phi) is 19.8. The highest BCUT2D eigenvalue weighted by Gasteiger charge is 2.59. The molecule has 0 unspecified atom stereocenters. The third-order valence-corrected chi connectivity index (χ3v) is 18.9. The van der Waals surface area contributed by atoms with Gasteiger partial charge in [-0.15, -0.1) is 0 Å². The van der Waals surface area contributed by atoms with E-state index in [4.69, 9.17) is 48.5 Å². The predicted octanol–water partition coefficient (Wildman–Crippen LogP) is 5.34. The van der Waals surface area contributed by atoms with E-state index in [1.807, 2.05) is 12.1 Å². The number of esters is 2. The zero-order valence-corrected chi connectivity index (χ0v) is 49.3. The standard InChI is InChI=1S/2C28H35N6O8P/c2*1-17-8-10-19(11-9-17)40-27(37)18(2)33-43(38,42-20-6-4-3-5-7-20)39-15-28(14-29)25(36)23(35)24(41-28)21-12-13-22-26(30)31-16-32-34(21)22/h2*3-7,12-13,16-19,23-25,35-36H,8-11,15H2,1-2H3,(H,33,38)(H2,30,31,32)/t17?,18-,19?,23-,24-,25-,28+,43+;17?,18-,19?,23-,24-,25-,28+,43-/m00/s1. The molecule has 10 N–H and O–H groups in total. The number of nitriles is 2. The summed E-state index contributed by atoms with van der Waals surface area (Å²) in [7, 11) is -8.82. The summed E-state index contributed by atoms with van der Waals surface area (Å²) < 4.78 is 76.7. The van der Waals surface area contributed by atoms with Crippen molar-refractivity contribution in [1.82, 2.24) is 39.4 Å². The Morgan fingerprint density at radius 3 is 1.34 bits per heavy atom. The van der Waals surface area contributed by atoms with Crippen molar-refractivity contribution in [3.63, 3.8) is 0 Å². The van der Waals surface area contributed by atoms with Gasteiger partial charge in [0.15, 0.2) is 11.6 Å². The molecule has 4 aromatic heterocycles. The van der Waals surface area contributed by atoms with Crippen LogP contribution < -0.4 is 30.7 Å². The smallest absolute Gasteiger partial charge is 0.459 e. The Labute approximate surface area is 494 Å². The Hall–Kier alpha value is -7.14. The second-order valence-electron chi connectivity index (χ2n) is 22.0. The molecule has 0 radical (unpaired) electrons. The summed E-state index contributed by atoms with van der Waals surface area (Å²) in [4.78, 5) is 33.7. The van der Waals surface area contributed by atoms with Crippen LogP contribution in [0.25, 0.3) is 11.0 Å². The first-order valence-corrected chi connectivity index (χ1v) is 31.2. The van der Waals surface area contributed by atoms with Gasteiger partial charge in [0.2, 0.25) is 11.2 Å². The Bertz CT molecular complexity index is 3280. The fourth-order valence-corrected chi connectivity index (χ4v) is 13.6. The number of rotatable bonds is 20. The monoisotopic (exact) mass is 1230 g/mol. The van der Waals surface area contributed by atoms with E-state index in [-0.39, 0.29) is 35.3 Å². The van der Waals surface area contributed by atoms with Gasteiger partial charge in [0.1, 0.15) is 121 Å². The van der Waals surface area contributed by atoms with E-state index in [1.165, 1.54) is 59.8 Å². The molecule has 12 atom stereocenters. The van der Waals surface area contributed by atoms with Crippen LogP contribution in [-0.2, 0) is 46.7 Å². The minimum atomic E-state index is -4.41. The number of carbonyl (C=O) groups is 2. The van der Waals surface area contributed by atoms with Crippen molar-refractivity contribution in [2.75, 3.05) is 24.7 Å². The molecule has 2 saturated carbocycles. The number of benzene rings is 2. The fourth-order valence-electron chi connectivity index (χ4n) is 10.5. The minimum Gasteiger partial charge on any atom is -0.461 e. The Morgan fingerprint density at radius 1 is 0.628 bits per heavy atom. The molecule has 28 nitrogen and oxygen atoms in total. The highest BCUT2D eigenvalue weighted by molar-refractivity contribution is 7.52. The summed E-state index contributed by atoms with van der Waals surface area (Å²) in [6, 6.07) is 24.1. The van der Waals surface area contributed by atoms with Gasteiger partial charge in [0.25, 0.3) is 0 Å². The van der Waals surface area contributed by atoms with Gasteiger partial charge in [-0.25, -0.2) is 28.1 Å². The molecule has 2 aliphatic carbocycles. The van der Waals surface area contributed by atoms with Crippen LogP contribution in [0.1, 0.15) is 103 Å². The molecule has 6 heterocycles. The summed E-state index contributed by atoms with van der Waals surface area (Å²) in [5.41, 5.74) is 8.92. The number of fused-ring (bicyclic) bond motifs is 2. The van der Waals surface area contributed by atoms with E-state index in [9.17, 15) is 49.7 Å². The van der Waals surface area contributed by atoms with Gasteiger partial charge in [-0.3, -0.25) is 18.6 Å². The number of nitrogens with one attached hydrogen (secondary N) is 2. The molecule has 0 bridgehead atoms. The zero-order valence-electron chi connectivity index (χ0n) is 47.6. The van der Waals surface area contributed by atoms with E-state index in [2.05, 4.69) is 44.2 Å². The van der Waals surface area contributed by atoms with Gasteiger partial charge in [-0.2, -0.15) is 30.9 Å². The van der Waals surface area contributed by atoms with Crippen molar-refractivity contribution in [3.8, 4) is 23.6 Å². The van der Waals surface area contributed by atoms with Crippen LogP contribution in [0.4, 0.5) is 11.6 Å². The van der Waals surface area contributed by atoms with Crippen LogP contribution >= 0.6 is 15.5 Å². The summed E-state index contributed by atoms with van der Waals surface area (Å²) >= 11 is 0. The maximum atomic E-state index is 14.1. The van der Waals surface area contributed by atoms with E-state index in [0.29, 0.717) is 34.3 Å². The van der Waals surface area contributed by atoms with Crippen molar-refractivity contribution < 1.29 is 76.2 Å². The number of anilines is 2. The predicted molar refractivity (Wildman–Crippen MR) is 305 cm³/mol. The van der Waals surface area contributed by atoms with Crippen LogP contribution in [0.5, 0.6) is 11.5 Å². The number of para-hydroxylation sites is 2. The number of carbonyl (C=O) groups excluding carboxylic acids is 2. The first kappa shape index (κ1) is 63.4. The lowest BCUT2D eigenvalue weighted by atomic mass is 9.89. The largest absolute Gasteiger partial charge is 0.461 e. The topological polar surface area (TPSA) is 407 Å². The van der Waals surface area contributed by atoms with Crippen LogP contribution in [-0.4, -0.2) is 135 Å². The number of aliphatic hydroxyl groups excluding tert-OH is 4. The van der Waals surface area contributed by atoms with Gasteiger partial charge in [-0.1, -0.05) is 50.2 Å². The first-order chi connectivity index (χ1) is 41.1. The van der Waals surface area contributed by atoms with Crippen LogP contribution in [0.2, 0.25) is 0 Å². The van der Waals surface area contributed by atoms with Crippen molar-refractivity contribution in [3.05, 3.63) is 109 Å². The molecule has 4 aliphatic rings. The third-order valence-electron chi connectivity index (χ3n) is 15.6. The second kappa shape index (κ2) is 26.9. The van der Waals surface area contributed by atoms with Gasteiger partial charge >= 0.3 is 27.4 Å². The summed E-state index contributed by atoms with van der Waals surface area (Å²) in [6.45, 7) is 5.65. The van der Waals surface area contributed by atoms with Gasteiger partial charge in [-0.05, 0) is 126 Å². The van der Waals surface area contributed by atoms with Crippen molar-refractivity contribution in [2.24, 2.45) is 11.8 Å². The van der Waals surface area contributed by atoms with E-state index >= 15 is 0 Å². The van der Waals surface area contributed by atoms with Crippen molar-refractivity contribution in [1.29, 1.82) is 10.5 Å². The summed E-state index contributed by atoms with van der Waals surface area (Å²) in [5.74, 6) is 0.552. The van der Waals surface area contributed by atoms with Crippen molar-refractivity contribution in [2.45, 2.75) is 151 Å². The molecule has 30 heteroatoms. The zero-order chi connectivity index (χ0) is 61.6. The van der Waals surface area contributed by atoms with Crippen molar-refractivity contribution >= 4 is 50.1 Å². The van der Waals surface area contributed by atoms with E-state index in [0.717, 1.165) is 51.4 Å². The number of aliphatic hydroxyl groups is 4. The Balaban J connectivity index is 0.000000205. The lowest BCUT2D eigenvalue weighted by Gasteiger charge is -2.29. The normalized spacial score (nSPS) is 29.4. The molecule has 460 valence electrons. The van der Waals surface area contributed by atoms with Gasteiger partial charge < -0.3 is 59.9 Å². The summed E-state index contributed by atoms with van der Waals surface area (Å²) in [6.07, 6.45) is -0.495. The third kappa shape index (κ3) is 14.1. The highest BCUT2D eigenvalue weighted by Crippen LogP contribution is 2.51. The molecule has 0 spiro atoms. The molecular weight excluding hydrogens is 1160 g/mol. The summed E-state index contributed by atoms with van der Waals surface area (Å²) in [5, 5.41) is 77.6. The molecule has 86 heavy (non-hydrogen) atoms. The Morgan fingerprint density at radius 2 is 0.988 bits per heavy atom. The minimum absolute atomic E-state index is 0.161. The SMILES string of the molecule is CC1CCC(OC(=O)[C@H](C)N[P@@](=O)(OC[C@@]2(C#N)O[C@@H](c3ccc4c(N)ncnn34)[C@H](O)[C@@H]2O)Oc2ccccc2)CC1.CC1CCC(OC(=O)[C@H](C)N[P@](=O)(OC[C@@]2(C#N)O[C@@H](c3ccc4c(N)ncnn34)[C@H](O)[C@@H]2O)Oc2ccccc2)CC1. The number of hydrogen-bond acceptors (Lipinski definition) is 24. The lowest BCUT2D eigenvalue weighted by molar-refractivity contribution is -0.153. The molecule has 2 aliphatic heterocycles. The van der Waals surface area contributed by atoms with E-state index in [1.54, 1.807) is 60.7 Å². The number of aromatic nitrogens is 6. The number of hydrogen-bond donors (Lipinski definition) is 8. The van der Waals surface area contributed by atoms with Gasteiger partial charge in [0.05, 0.1) is 11.4 Å². The molecule has 2 saturated heterocycles. The molecule has 10 rings (SSSR count). The molecule has 4 fully saturated rings. The maximum absolute atomic E-state index is 14.1. The average Bonchev–Trinajstić information content (AvgIpc) is 1.74. The van der Waals surface area contributed by atoms with E-state index < -0.39 is 101 Å². The number of nitrogen functional groups attached to an aromatic ring is 2. The quantitative estimate of drug-likeness (QED) is 0.0353. The van der Waals surface area contributed by atoms with Crippen LogP contribution in [0.15, 0.2) is 97.6 Å². The van der Waals surface area contributed by atoms with Crippen LogP contribution in [0, 0.1) is 34.5 Å². The molecule has 0 amide bonds. The van der Waals surface area contributed by atoms with Gasteiger partial charge in [0, 0.05) is 0 Å². The lowest BCUT2D eigenvalue weighted by Crippen LogP contribution is -2.46. The van der Waals surface area contributed by atoms with Crippen LogP contribution in [0.3, 0.4) is 0 Å². The number of nitrogens with zero attached hydrogens (tertiary/aromatic N) is 8. The fraction of sp³-hybridized carbons (Fsp3) is 0.500. The molecular formula is C56H70N12O16P2. The molecule has 2 aromatic carbocycles. The average molecular weight is 1230 g/mol.